The maximum atomic E-state index is 14.3. The molecule has 2 aromatic rings. The molecule has 0 bridgehead atoms. The zero-order chi connectivity index (χ0) is 19.6. The molecule has 9 heteroatoms. The number of anilines is 1. The van der Waals surface area contributed by atoms with Crippen LogP contribution in [0.3, 0.4) is 0 Å². The average molecular weight is 380 g/mol. The number of amides is 1. The van der Waals surface area contributed by atoms with Gasteiger partial charge in [-0.15, -0.1) is 0 Å². The van der Waals surface area contributed by atoms with E-state index >= 15 is 0 Å². The summed E-state index contributed by atoms with van der Waals surface area (Å²) in [5.41, 5.74) is 5.51. The molecule has 27 heavy (non-hydrogen) atoms. The summed E-state index contributed by atoms with van der Waals surface area (Å²) in [6.45, 7) is -0.667. The number of halogens is 4. The first kappa shape index (κ1) is 18.8. The van der Waals surface area contributed by atoms with Crippen LogP contribution in [0.4, 0.5) is 23.2 Å². The Labute approximate surface area is 152 Å². The number of aliphatic imine (C=N–C) groups is 1. The van der Waals surface area contributed by atoms with Crippen LogP contribution in [0, 0.1) is 23.4 Å². The number of carbonyl (C=O) groups excluding carboxylic acids is 1. The number of carbonyl (C=O) groups is 1. The molecule has 0 aliphatic carbocycles. The van der Waals surface area contributed by atoms with E-state index in [1.54, 1.807) is 0 Å². The lowest BCUT2D eigenvalue weighted by molar-refractivity contribution is 0.102. The van der Waals surface area contributed by atoms with Gasteiger partial charge in [0.25, 0.3) is 5.91 Å². The molecular weight excluding hydrogens is 364 g/mol. The quantitative estimate of drug-likeness (QED) is 0.797. The lowest BCUT2D eigenvalue weighted by Crippen LogP contribution is -2.30. The molecule has 0 radical (unpaired) electrons. The van der Waals surface area contributed by atoms with Crippen molar-refractivity contribution in [1.82, 2.24) is 4.98 Å². The Bertz CT molecular complexity index is 886. The fraction of sp³-hybridized carbons (Fsp3) is 0.278. The second-order valence-electron chi connectivity index (χ2n) is 6.18. The van der Waals surface area contributed by atoms with Gasteiger partial charge in [0.05, 0.1) is 18.9 Å². The zero-order valence-electron chi connectivity index (χ0n) is 14.1. The van der Waals surface area contributed by atoms with Crippen LogP contribution in [-0.4, -0.2) is 23.4 Å². The normalized spacial score (nSPS) is 19.5. The third-order valence-corrected chi connectivity index (χ3v) is 4.33. The minimum atomic E-state index is -1.17. The van der Waals surface area contributed by atoms with E-state index in [-0.39, 0.29) is 22.8 Å². The number of hydrogen-bond acceptors (Lipinski definition) is 4. The van der Waals surface area contributed by atoms with Gasteiger partial charge in [-0.1, -0.05) is 0 Å². The molecule has 1 aliphatic rings. The minimum absolute atomic E-state index is 0.0126. The standard InChI is InChI=1S/C18H16F4N4O/c19-7-9-1-3-14(26-17(9)23)12-5-11(6-13(21)16(12)22)25-18(27)15-4-2-10(20)8-24-15/h2,4-6,8-9,14H,1,3,7H2,(H2,23,26)(H,25,27). The van der Waals surface area contributed by atoms with Crippen molar-refractivity contribution in [3.8, 4) is 0 Å². The van der Waals surface area contributed by atoms with Gasteiger partial charge in [-0.2, -0.15) is 0 Å². The van der Waals surface area contributed by atoms with Gasteiger partial charge in [0.15, 0.2) is 11.6 Å². The van der Waals surface area contributed by atoms with Crippen LogP contribution in [-0.2, 0) is 0 Å². The molecule has 1 aliphatic heterocycles. The van der Waals surface area contributed by atoms with Gasteiger partial charge in [-0.05, 0) is 31.0 Å². The highest BCUT2D eigenvalue weighted by atomic mass is 19.2. The SMILES string of the molecule is NC1=NC(c2cc(NC(=O)c3ccc(F)cn3)cc(F)c2F)CCC1CF. The van der Waals surface area contributed by atoms with Crippen LogP contribution < -0.4 is 11.1 Å². The van der Waals surface area contributed by atoms with Crippen LogP contribution in [0.2, 0.25) is 0 Å². The first-order valence-corrected chi connectivity index (χ1v) is 8.20. The molecular formula is C18H16F4N4O. The summed E-state index contributed by atoms with van der Waals surface area (Å²) in [5, 5.41) is 2.39. The first-order chi connectivity index (χ1) is 12.9. The number of aromatic nitrogens is 1. The molecule has 0 saturated heterocycles. The van der Waals surface area contributed by atoms with E-state index in [1.807, 2.05) is 0 Å². The highest BCUT2D eigenvalue weighted by Gasteiger charge is 2.27. The van der Waals surface area contributed by atoms with Crippen molar-refractivity contribution in [2.45, 2.75) is 18.9 Å². The molecule has 142 valence electrons. The average Bonchev–Trinajstić information content (AvgIpc) is 2.65. The van der Waals surface area contributed by atoms with Gasteiger partial charge in [0, 0.05) is 23.2 Å². The lowest BCUT2D eigenvalue weighted by atomic mass is 9.92. The van der Waals surface area contributed by atoms with Gasteiger partial charge in [-0.3, -0.25) is 14.2 Å². The van der Waals surface area contributed by atoms with Crippen molar-refractivity contribution < 1.29 is 22.4 Å². The Morgan fingerprint density at radius 2 is 2.00 bits per heavy atom. The van der Waals surface area contributed by atoms with Crippen LogP contribution in [0.25, 0.3) is 0 Å². The molecule has 1 aromatic carbocycles. The van der Waals surface area contributed by atoms with E-state index in [9.17, 15) is 22.4 Å². The van der Waals surface area contributed by atoms with Gasteiger partial charge in [-0.25, -0.2) is 18.2 Å². The number of alkyl halides is 1. The highest BCUT2D eigenvalue weighted by Crippen LogP contribution is 2.34. The summed E-state index contributed by atoms with van der Waals surface area (Å²) in [6, 6.07) is 3.51. The summed E-state index contributed by atoms with van der Waals surface area (Å²) in [4.78, 5) is 19.8. The summed E-state index contributed by atoms with van der Waals surface area (Å²) in [6.07, 6.45) is 1.52. The highest BCUT2D eigenvalue weighted by molar-refractivity contribution is 6.02. The van der Waals surface area contributed by atoms with E-state index in [0.717, 1.165) is 24.4 Å². The second kappa shape index (κ2) is 7.73. The van der Waals surface area contributed by atoms with Crippen molar-refractivity contribution >= 4 is 17.4 Å². The summed E-state index contributed by atoms with van der Waals surface area (Å²) < 4.78 is 54.0. The van der Waals surface area contributed by atoms with Crippen molar-refractivity contribution in [3.05, 3.63) is 59.2 Å². The minimum Gasteiger partial charge on any atom is -0.387 e. The maximum Gasteiger partial charge on any atom is 0.274 e. The van der Waals surface area contributed by atoms with Crippen molar-refractivity contribution in [3.63, 3.8) is 0 Å². The van der Waals surface area contributed by atoms with Gasteiger partial charge >= 0.3 is 0 Å². The van der Waals surface area contributed by atoms with E-state index in [4.69, 9.17) is 5.73 Å². The lowest BCUT2D eigenvalue weighted by Gasteiger charge is -2.25. The van der Waals surface area contributed by atoms with Crippen LogP contribution in [0.1, 0.15) is 34.9 Å². The molecule has 2 heterocycles. The number of amidine groups is 1. The van der Waals surface area contributed by atoms with Crippen LogP contribution in [0.15, 0.2) is 35.5 Å². The Morgan fingerprint density at radius 1 is 1.22 bits per heavy atom. The Kier molecular flexibility index (Phi) is 5.38. The molecule has 1 aromatic heterocycles. The van der Waals surface area contributed by atoms with Gasteiger partial charge in [0.2, 0.25) is 0 Å². The monoisotopic (exact) mass is 380 g/mol. The smallest absolute Gasteiger partial charge is 0.274 e. The molecule has 3 rings (SSSR count). The first-order valence-electron chi connectivity index (χ1n) is 8.20. The van der Waals surface area contributed by atoms with E-state index in [0.29, 0.717) is 12.8 Å². The molecule has 2 unspecified atom stereocenters. The summed E-state index contributed by atoms with van der Waals surface area (Å²) in [5.74, 6) is -4.07. The molecule has 3 N–H and O–H groups in total. The molecule has 0 fully saturated rings. The second-order valence-corrected chi connectivity index (χ2v) is 6.18. The van der Waals surface area contributed by atoms with E-state index in [1.165, 1.54) is 6.07 Å². The van der Waals surface area contributed by atoms with Crippen molar-refractivity contribution in [2.24, 2.45) is 16.6 Å². The third kappa shape index (κ3) is 4.07. The number of nitrogens with two attached hydrogens (primary N) is 1. The van der Waals surface area contributed by atoms with E-state index in [2.05, 4.69) is 15.3 Å². The number of nitrogens with one attached hydrogen (secondary N) is 1. The summed E-state index contributed by atoms with van der Waals surface area (Å²) in [7, 11) is 0. The van der Waals surface area contributed by atoms with Crippen LogP contribution in [0.5, 0.6) is 0 Å². The summed E-state index contributed by atoms with van der Waals surface area (Å²) >= 11 is 0. The molecule has 5 nitrogen and oxygen atoms in total. The van der Waals surface area contributed by atoms with Gasteiger partial charge < -0.3 is 11.1 Å². The van der Waals surface area contributed by atoms with Crippen LogP contribution >= 0.6 is 0 Å². The largest absolute Gasteiger partial charge is 0.387 e. The van der Waals surface area contributed by atoms with Crippen molar-refractivity contribution in [2.75, 3.05) is 12.0 Å². The third-order valence-electron chi connectivity index (χ3n) is 4.33. The number of rotatable bonds is 4. The number of benzene rings is 1. The topological polar surface area (TPSA) is 80.4 Å². The Hall–Kier alpha value is -2.97. The fourth-order valence-corrected chi connectivity index (χ4v) is 2.87. The fourth-order valence-electron chi connectivity index (χ4n) is 2.87. The van der Waals surface area contributed by atoms with Gasteiger partial charge in [0.1, 0.15) is 17.3 Å². The van der Waals surface area contributed by atoms with Crippen molar-refractivity contribution in [1.29, 1.82) is 0 Å². The molecule has 0 saturated carbocycles. The number of pyridine rings is 1. The number of nitrogens with zero attached hydrogens (tertiary/aromatic N) is 2. The zero-order valence-corrected chi connectivity index (χ0v) is 14.1. The Balaban J connectivity index is 1.87. The number of hydrogen-bond donors (Lipinski definition) is 2. The maximum absolute atomic E-state index is 14.3. The molecule has 1 amide bonds. The molecule has 0 spiro atoms. The Morgan fingerprint density at radius 3 is 2.63 bits per heavy atom. The van der Waals surface area contributed by atoms with E-state index < -0.39 is 42.0 Å². The predicted octanol–water partition coefficient (Wildman–Crippen LogP) is 3.53. The molecule has 2 atom stereocenters. The predicted molar refractivity (Wildman–Crippen MR) is 91.6 cm³/mol.